The molecular formula is C18H13ClF3N3O5S. The first-order chi connectivity index (χ1) is 14.5. The van der Waals surface area contributed by atoms with E-state index in [0.29, 0.717) is 0 Å². The summed E-state index contributed by atoms with van der Waals surface area (Å²) in [6.07, 6.45) is -2.84. The number of carbonyl (C=O) groups excluding carboxylic acids is 1. The minimum absolute atomic E-state index is 0.0647. The lowest BCUT2D eigenvalue weighted by Gasteiger charge is -2.13. The van der Waals surface area contributed by atoms with E-state index in [1.165, 1.54) is 37.4 Å². The number of sulfonamides is 1. The molecule has 0 aliphatic rings. The van der Waals surface area contributed by atoms with Gasteiger partial charge in [0.05, 0.1) is 17.8 Å². The Kier molecular flexibility index (Phi) is 6.13. The third-order valence-electron chi connectivity index (χ3n) is 3.84. The van der Waals surface area contributed by atoms with Gasteiger partial charge in [0, 0.05) is 12.3 Å². The number of hydrogen-bond acceptors (Lipinski definition) is 6. The second-order valence-corrected chi connectivity index (χ2v) is 7.97. The van der Waals surface area contributed by atoms with Gasteiger partial charge < -0.3 is 14.0 Å². The molecule has 31 heavy (non-hydrogen) atoms. The topological polar surface area (TPSA) is 99.5 Å². The van der Waals surface area contributed by atoms with Crippen molar-refractivity contribution < 1.29 is 35.9 Å². The molecule has 0 saturated heterocycles. The highest BCUT2D eigenvalue weighted by molar-refractivity contribution is 7.90. The Labute approximate surface area is 179 Å². The fourth-order valence-corrected chi connectivity index (χ4v) is 3.98. The quantitative estimate of drug-likeness (QED) is 0.585. The fraction of sp³-hybridized carbons (Fsp3) is 0.111. The number of para-hydroxylation sites is 2. The van der Waals surface area contributed by atoms with Crippen LogP contribution in [0.1, 0.15) is 10.5 Å². The highest BCUT2D eigenvalue weighted by Crippen LogP contribution is 2.29. The first-order valence-electron chi connectivity index (χ1n) is 8.30. The molecule has 13 heteroatoms. The number of imidazole rings is 1. The minimum atomic E-state index is -4.93. The molecule has 1 N–H and O–H groups in total. The highest BCUT2D eigenvalue weighted by Gasteiger charge is 2.32. The van der Waals surface area contributed by atoms with Crippen molar-refractivity contribution in [3.05, 3.63) is 65.7 Å². The van der Waals surface area contributed by atoms with Gasteiger partial charge in [-0.2, -0.15) is 0 Å². The SMILES string of the molecule is COc1ccc(Cl)c(S(=O)(=O)NC(=O)c2cn(-c3ccccc3OC(F)(F)F)cn2)c1. The Morgan fingerprint density at radius 2 is 1.90 bits per heavy atom. The molecule has 2 aromatic carbocycles. The lowest BCUT2D eigenvalue weighted by molar-refractivity contribution is -0.274. The van der Waals surface area contributed by atoms with Crippen LogP contribution in [0.5, 0.6) is 11.5 Å². The Hall–Kier alpha value is -3.25. The number of carbonyl (C=O) groups is 1. The summed E-state index contributed by atoms with van der Waals surface area (Å²) >= 11 is 5.91. The van der Waals surface area contributed by atoms with Gasteiger partial charge in [0.2, 0.25) is 0 Å². The molecule has 0 fully saturated rings. The van der Waals surface area contributed by atoms with Crippen LogP contribution in [0.4, 0.5) is 13.2 Å². The largest absolute Gasteiger partial charge is 0.573 e. The zero-order valence-corrected chi connectivity index (χ0v) is 17.1. The van der Waals surface area contributed by atoms with Gasteiger partial charge in [-0.3, -0.25) is 4.79 Å². The maximum absolute atomic E-state index is 12.6. The van der Waals surface area contributed by atoms with Gasteiger partial charge in [-0.15, -0.1) is 13.2 Å². The lowest BCUT2D eigenvalue weighted by atomic mass is 10.3. The summed E-state index contributed by atoms with van der Waals surface area (Å²) in [6, 6.07) is 9.01. The number of alkyl halides is 3. The normalized spacial score (nSPS) is 11.8. The number of nitrogens with one attached hydrogen (secondary N) is 1. The monoisotopic (exact) mass is 475 g/mol. The molecule has 3 aromatic rings. The van der Waals surface area contributed by atoms with E-state index in [9.17, 15) is 26.4 Å². The predicted octanol–water partition coefficient (Wildman–Crippen LogP) is 3.55. The van der Waals surface area contributed by atoms with Crippen LogP contribution in [0.25, 0.3) is 5.69 Å². The second kappa shape index (κ2) is 8.47. The van der Waals surface area contributed by atoms with Gasteiger partial charge >= 0.3 is 6.36 Å². The number of nitrogens with zero attached hydrogens (tertiary/aromatic N) is 2. The van der Waals surface area contributed by atoms with Crippen LogP contribution in [0.2, 0.25) is 5.02 Å². The van der Waals surface area contributed by atoms with E-state index >= 15 is 0 Å². The Morgan fingerprint density at radius 3 is 2.58 bits per heavy atom. The molecule has 0 unspecified atom stereocenters. The average molecular weight is 476 g/mol. The molecule has 0 saturated carbocycles. The van der Waals surface area contributed by atoms with Crippen LogP contribution in [0.15, 0.2) is 59.9 Å². The van der Waals surface area contributed by atoms with Crippen molar-refractivity contribution in [3.8, 4) is 17.2 Å². The molecule has 164 valence electrons. The Balaban J connectivity index is 1.87. The molecular weight excluding hydrogens is 463 g/mol. The molecule has 0 spiro atoms. The molecule has 3 rings (SSSR count). The summed E-state index contributed by atoms with van der Waals surface area (Å²) in [4.78, 5) is 15.8. The van der Waals surface area contributed by atoms with E-state index in [2.05, 4.69) is 9.72 Å². The molecule has 1 aromatic heterocycles. The minimum Gasteiger partial charge on any atom is -0.497 e. The van der Waals surface area contributed by atoms with Gasteiger partial charge in [-0.1, -0.05) is 23.7 Å². The van der Waals surface area contributed by atoms with E-state index < -0.39 is 32.9 Å². The van der Waals surface area contributed by atoms with Crippen LogP contribution in [-0.4, -0.2) is 37.3 Å². The second-order valence-electron chi connectivity index (χ2n) is 5.91. The molecule has 0 bridgehead atoms. The molecule has 8 nitrogen and oxygen atoms in total. The van der Waals surface area contributed by atoms with Crippen LogP contribution < -0.4 is 14.2 Å². The average Bonchev–Trinajstić information content (AvgIpc) is 3.17. The van der Waals surface area contributed by atoms with Crippen LogP contribution >= 0.6 is 11.6 Å². The number of amides is 1. The van der Waals surface area contributed by atoms with Crippen LogP contribution in [-0.2, 0) is 10.0 Å². The third kappa shape index (κ3) is 5.27. The maximum atomic E-state index is 12.6. The number of aromatic nitrogens is 2. The summed E-state index contributed by atoms with van der Waals surface area (Å²) in [5.74, 6) is -1.45. The van der Waals surface area contributed by atoms with Gasteiger partial charge in [0.15, 0.2) is 5.75 Å². The van der Waals surface area contributed by atoms with Crippen molar-refractivity contribution in [1.82, 2.24) is 14.3 Å². The first kappa shape index (κ1) is 22.4. The first-order valence-corrected chi connectivity index (χ1v) is 10.2. The number of ether oxygens (including phenoxy) is 2. The van der Waals surface area contributed by atoms with E-state index in [0.717, 1.165) is 29.2 Å². The van der Waals surface area contributed by atoms with Crippen molar-refractivity contribution in [2.45, 2.75) is 11.3 Å². The van der Waals surface area contributed by atoms with Gasteiger partial charge in [-0.25, -0.2) is 18.1 Å². The van der Waals surface area contributed by atoms with Crippen molar-refractivity contribution in [2.24, 2.45) is 0 Å². The van der Waals surface area contributed by atoms with E-state index in [1.807, 2.05) is 0 Å². The number of hydrogen-bond donors (Lipinski definition) is 1. The lowest BCUT2D eigenvalue weighted by Crippen LogP contribution is -2.31. The predicted molar refractivity (Wildman–Crippen MR) is 103 cm³/mol. The van der Waals surface area contributed by atoms with Crippen LogP contribution in [0, 0.1) is 0 Å². The fourth-order valence-electron chi connectivity index (χ4n) is 2.50. The van der Waals surface area contributed by atoms with E-state index in [4.69, 9.17) is 16.3 Å². The van der Waals surface area contributed by atoms with Crippen molar-refractivity contribution in [2.75, 3.05) is 7.11 Å². The molecule has 0 aliphatic heterocycles. The van der Waals surface area contributed by atoms with Gasteiger partial charge in [0.25, 0.3) is 15.9 Å². The number of rotatable bonds is 6. The van der Waals surface area contributed by atoms with Crippen LogP contribution in [0.3, 0.4) is 0 Å². The zero-order chi connectivity index (χ0) is 22.8. The summed E-state index contributed by atoms with van der Waals surface area (Å²) in [6.45, 7) is 0. The van der Waals surface area contributed by atoms with E-state index in [-0.39, 0.29) is 22.2 Å². The van der Waals surface area contributed by atoms with Crippen molar-refractivity contribution >= 4 is 27.5 Å². The maximum Gasteiger partial charge on any atom is 0.573 e. The van der Waals surface area contributed by atoms with E-state index in [1.54, 1.807) is 4.72 Å². The third-order valence-corrected chi connectivity index (χ3v) is 5.65. The summed E-state index contributed by atoms with van der Waals surface area (Å²) < 4.78 is 74.7. The van der Waals surface area contributed by atoms with Gasteiger partial charge in [0.1, 0.15) is 22.7 Å². The van der Waals surface area contributed by atoms with Gasteiger partial charge in [-0.05, 0) is 24.3 Å². The standard InChI is InChI=1S/C18H13ClF3N3O5S/c1-29-11-6-7-12(19)16(8-11)31(27,28)24-17(26)13-9-25(10-23-13)14-4-2-3-5-15(14)30-18(20,21)22/h2-10H,1H3,(H,24,26). The summed E-state index contributed by atoms with van der Waals surface area (Å²) in [5, 5.41) is -0.148. The molecule has 1 amide bonds. The summed E-state index contributed by atoms with van der Waals surface area (Å²) in [7, 11) is -3.07. The van der Waals surface area contributed by atoms with Crippen molar-refractivity contribution in [1.29, 1.82) is 0 Å². The molecule has 0 radical (unpaired) electrons. The smallest absolute Gasteiger partial charge is 0.497 e. The highest BCUT2D eigenvalue weighted by atomic mass is 35.5. The number of benzene rings is 2. The zero-order valence-electron chi connectivity index (χ0n) is 15.6. The molecule has 1 heterocycles. The molecule has 0 atom stereocenters. The number of halogens is 4. The number of methoxy groups -OCH3 is 1. The summed E-state index contributed by atoms with van der Waals surface area (Å²) in [5.41, 5.74) is -0.436. The Morgan fingerprint density at radius 1 is 1.19 bits per heavy atom. The molecule has 0 aliphatic carbocycles. The van der Waals surface area contributed by atoms with Crippen molar-refractivity contribution in [3.63, 3.8) is 0 Å². The Bertz CT molecular complexity index is 1230.